The van der Waals surface area contributed by atoms with Gasteiger partial charge in [-0.05, 0) is 53.2 Å². The predicted octanol–water partition coefficient (Wildman–Crippen LogP) is 4.22. The summed E-state index contributed by atoms with van der Waals surface area (Å²) < 4.78 is 41.9. The van der Waals surface area contributed by atoms with E-state index in [0.29, 0.717) is 36.1 Å². The third kappa shape index (κ3) is 5.57. The summed E-state index contributed by atoms with van der Waals surface area (Å²) in [5.74, 6) is -0.488. The molecule has 2 fully saturated rings. The number of benzene rings is 2. The fourth-order valence-corrected chi connectivity index (χ4v) is 5.44. The average molecular weight is 564 g/mol. The molecular weight excluding hydrogens is 543 g/mol. The van der Waals surface area contributed by atoms with Crippen LogP contribution in [0.3, 0.4) is 0 Å². The van der Waals surface area contributed by atoms with Crippen molar-refractivity contribution in [3.8, 4) is 0 Å². The van der Waals surface area contributed by atoms with E-state index in [-0.39, 0.29) is 46.3 Å². The molecule has 0 radical (unpaired) electrons. The molecule has 2 aliphatic rings. The van der Waals surface area contributed by atoms with Crippen LogP contribution in [0.4, 0.5) is 18.0 Å². The second-order valence-electron chi connectivity index (χ2n) is 8.88. The predicted molar refractivity (Wildman–Crippen MR) is 137 cm³/mol. The number of fused-ring (bicyclic) bond motifs is 1. The maximum absolute atomic E-state index is 13.5. The van der Waals surface area contributed by atoms with Crippen molar-refractivity contribution in [2.75, 3.05) is 32.7 Å². The molecule has 0 spiro atoms. The summed E-state index contributed by atoms with van der Waals surface area (Å²) in [6.45, 7) is 1.91. The van der Waals surface area contributed by atoms with Crippen LogP contribution in [0.2, 0.25) is 5.02 Å². The van der Waals surface area contributed by atoms with E-state index < -0.39 is 17.6 Å². The molecule has 38 heavy (non-hydrogen) atoms. The van der Waals surface area contributed by atoms with Crippen molar-refractivity contribution >= 4 is 57.4 Å². The monoisotopic (exact) mass is 563 g/mol. The Morgan fingerprint density at radius 2 is 1.92 bits per heavy atom. The number of nitrogens with zero attached hydrogens (tertiary/aromatic N) is 4. The SMILES string of the molecule is O=C1CN(CCN2C(=O)SC(=Cc3ccc4c(cnn4Cc4ccc(Cl)cc4C(F)(F)F)c3)C2=O)CCN1. The molecule has 1 aromatic heterocycles. The van der Waals surface area contributed by atoms with Crippen molar-refractivity contribution in [3.63, 3.8) is 0 Å². The van der Waals surface area contributed by atoms with E-state index in [1.165, 1.54) is 27.9 Å². The Balaban J connectivity index is 1.31. The molecule has 0 bridgehead atoms. The molecular formula is C25H21ClF3N5O3S. The number of amides is 3. The lowest BCUT2D eigenvalue weighted by atomic mass is 10.1. The van der Waals surface area contributed by atoms with Gasteiger partial charge in [-0.2, -0.15) is 18.3 Å². The quantitative estimate of drug-likeness (QED) is 0.452. The summed E-state index contributed by atoms with van der Waals surface area (Å²) in [7, 11) is 0. The Morgan fingerprint density at radius 3 is 2.68 bits per heavy atom. The fraction of sp³-hybridized carbons (Fsp3) is 0.280. The lowest BCUT2D eigenvalue weighted by molar-refractivity contribution is -0.138. The second-order valence-corrected chi connectivity index (χ2v) is 10.3. The Morgan fingerprint density at radius 1 is 1.11 bits per heavy atom. The zero-order chi connectivity index (χ0) is 27.0. The first kappa shape index (κ1) is 26.3. The van der Waals surface area contributed by atoms with E-state index in [9.17, 15) is 27.6 Å². The van der Waals surface area contributed by atoms with Gasteiger partial charge in [0, 0.05) is 36.6 Å². The van der Waals surface area contributed by atoms with Gasteiger partial charge < -0.3 is 5.32 Å². The van der Waals surface area contributed by atoms with E-state index >= 15 is 0 Å². The highest BCUT2D eigenvalue weighted by Crippen LogP contribution is 2.35. The van der Waals surface area contributed by atoms with Crippen molar-refractivity contribution in [3.05, 3.63) is 69.2 Å². The number of thioether (sulfide) groups is 1. The molecule has 3 aromatic rings. The van der Waals surface area contributed by atoms with Crippen molar-refractivity contribution < 1.29 is 27.6 Å². The number of rotatable bonds is 6. The molecule has 13 heteroatoms. The first-order valence-electron chi connectivity index (χ1n) is 11.6. The summed E-state index contributed by atoms with van der Waals surface area (Å²) in [4.78, 5) is 40.2. The minimum Gasteiger partial charge on any atom is -0.354 e. The Kier molecular flexibility index (Phi) is 7.21. The van der Waals surface area contributed by atoms with Crippen LogP contribution < -0.4 is 5.32 Å². The van der Waals surface area contributed by atoms with Gasteiger partial charge in [0.05, 0.1) is 35.3 Å². The van der Waals surface area contributed by atoms with Crippen molar-refractivity contribution in [2.45, 2.75) is 12.7 Å². The normalized spacial score (nSPS) is 18.2. The highest BCUT2D eigenvalue weighted by Gasteiger charge is 2.35. The van der Waals surface area contributed by atoms with E-state index in [4.69, 9.17) is 11.6 Å². The van der Waals surface area contributed by atoms with Crippen molar-refractivity contribution in [2.24, 2.45) is 0 Å². The Hall–Kier alpha value is -3.35. The molecule has 0 atom stereocenters. The summed E-state index contributed by atoms with van der Waals surface area (Å²) in [6, 6.07) is 8.83. The molecule has 0 saturated carbocycles. The van der Waals surface area contributed by atoms with E-state index in [1.54, 1.807) is 24.3 Å². The fourth-order valence-electron chi connectivity index (χ4n) is 4.40. The summed E-state index contributed by atoms with van der Waals surface area (Å²) in [6.07, 6.45) is -1.41. The summed E-state index contributed by atoms with van der Waals surface area (Å²) in [5, 5.41) is 7.28. The van der Waals surface area contributed by atoms with Gasteiger partial charge in [-0.1, -0.05) is 23.7 Å². The maximum Gasteiger partial charge on any atom is 0.416 e. The number of hydrogen-bond acceptors (Lipinski definition) is 6. The molecule has 3 heterocycles. The Bertz CT molecular complexity index is 1470. The van der Waals surface area contributed by atoms with E-state index in [1.807, 2.05) is 4.90 Å². The third-order valence-electron chi connectivity index (χ3n) is 6.29. The van der Waals surface area contributed by atoms with Gasteiger partial charge in [-0.15, -0.1) is 0 Å². The Labute approximate surface area is 224 Å². The number of hydrogen-bond donors (Lipinski definition) is 1. The van der Waals surface area contributed by atoms with Gasteiger partial charge >= 0.3 is 6.18 Å². The number of nitrogens with one attached hydrogen (secondary N) is 1. The molecule has 8 nitrogen and oxygen atoms in total. The summed E-state index contributed by atoms with van der Waals surface area (Å²) in [5.41, 5.74) is 0.487. The zero-order valence-electron chi connectivity index (χ0n) is 19.8. The number of carbonyl (C=O) groups excluding carboxylic acids is 3. The first-order valence-corrected chi connectivity index (χ1v) is 12.8. The van der Waals surface area contributed by atoms with Crippen LogP contribution >= 0.6 is 23.4 Å². The van der Waals surface area contributed by atoms with Crippen LogP contribution in [0.1, 0.15) is 16.7 Å². The molecule has 5 rings (SSSR count). The largest absolute Gasteiger partial charge is 0.416 e. The third-order valence-corrected chi connectivity index (χ3v) is 7.43. The molecule has 2 aliphatic heterocycles. The second kappa shape index (κ2) is 10.4. The van der Waals surface area contributed by atoms with Crippen LogP contribution in [0.15, 0.2) is 47.5 Å². The average Bonchev–Trinajstić information content (AvgIpc) is 3.37. The van der Waals surface area contributed by atoms with Crippen LogP contribution in [0.5, 0.6) is 0 Å². The van der Waals surface area contributed by atoms with Gasteiger partial charge in [0.15, 0.2) is 0 Å². The van der Waals surface area contributed by atoms with Crippen LogP contribution in [-0.4, -0.2) is 69.4 Å². The zero-order valence-corrected chi connectivity index (χ0v) is 21.4. The van der Waals surface area contributed by atoms with E-state index in [0.717, 1.165) is 17.8 Å². The molecule has 2 aromatic carbocycles. The van der Waals surface area contributed by atoms with Crippen LogP contribution in [0.25, 0.3) is 17.0 Å². The summed E-state index contributed by atoms with van der Waals surface area (Å²) >= 11 is 6.62. The van der Waals surface area contributed by atoms with Gasteiger partial charge in [0.25, 0.3) is 11.1 Å². The molecule has 198 valence electrons. The topological polar surface area (TPSA) is 87.5 Å². The smallest absolute Gasteiger partial charge is 0.354 e. The highest BCUT2D eigenvalue weighted by molar-refractivity contribution is 8.18. The van der Waals surface area contributed by atoms with Gasteiger partial charge in [-0.25, -0.2) is 0 Å². The molecule has 3 amide bonds. The number of piperazine rings is 1. The standard InChI is InChI=1S/C25H21ClF3N5O3S/c26-18-3-2-16(19(11-18)25(27,28)29)13-34-20-4-1-15(9-17(20)12-31-34)10-21-23(36)33(24(37)38-21)8-7-32-6-5-30-22(35)14-32/h1-4,9-12H,5-8,13-14H2,(H,30,35). The van der Waals surface area contributed by atoms with Gasteiger partial charge in [0.1, 0.15) is 0 Å². The number of alkyl halides is 3. The molecule has 2 saturated heterocycles. The minimum absolute atomic E-state index is 0.000601. The van der Waals surface area contributed by atoms with Gasteiger partial charge in [-0.3, -0.25) is 28.9 Å². The number of aromatic nitrogens is 2. The van der Waals surface area contributed by atoms with Gasteiger partial charge in [0.2, 0.25) is 5.91 Å². The van der Waals surface area contributed by atoms with Crippen LogP contribution in [0, 0.1) is 0 Å². The van der Waals surface area contributed by atoms with Crippen LogP contribution in [-0.2, 0) is 22.3 Å². The first-order chi connectivity index (χ1) is 18.1. The van der Waals surface area contributed by atoms with E-state index in [2.05, 4.69) is 10.4 Å². The minimum atomic E-state index is -4.55. The maximum atomic E-state index is 13.5. The number of imide groups is 1. The van der Waals surface area contributed by atoms with Crippen molar-refractivity contribution in [1.82, 2.24) is 24.9 Å². The molecule has 1 N–H and O–H groups in total. The lowest BCUT2D eigenvalue weighted by Gasteiger charge is -2.27. The highest BCUT2D eigenvalue weighted by atomic mass is 35.5. The number of carbonyl (C=O) groups is 3. The number of halogens is 4. The lowest BCUT2D eigenvalue weighted by Crippen LogP contribution is -2.49. The van der Waals surface area contributed by atoms with Crippen molar-refractivity contribution in [1.29, 1.82) is 0 Å². The molecule has 0 aliphatic carbocycles. The molecule has 0 unspecified atom stereocenters.